The van der Waals surface area contributed by atoms with E-state index >= 15 is 0 Å². The van der Waals surface area contributed by atoms with E-state index in [0.29, 0.717) is 35.9 Å². The lowest BCUT2D eigenvalue weighted by Crippen LogP contribution is -2.40. The van der Waals surface area contributed by atoms with Crippen molar-refractivity contribution in [2.75, 3.05) is 26.7 Å². The molecule has 0 spiro atoms. The predicted octanol–water partition coefficient (Wildman–Crippen LogP) is 5.37. The van der Waals surface area contributed by atoms with Crippen LogP contribution in [0.15, 0.2) is 41.6 Å². The first-order chi connectivity index (χ1) is 17.2. The monoisotopic (exact) mass is 501 g/mol. The molecule has 0 radical (unpaired) electrons. The minimum absolute atomic E-state index is 0.319. The van der Waals surface area contributed by atoms with Crippen LogP contribution in [0.3, 0.4) is 0 Å². The van der Waals surface area contributed by atoms with Gasteiger partial charge in [0.05, 0.1) is 29.0 Å². The van der Waals surface area contributed by atoms with Crippen molar-refractivity contribution < 1.29 is 13.2 Å². The fourth-order valence-corrected chi connectivity index (χ4v) is 4.54. The van der Waals surface area contributed by atoms with Crippen molar-refractivity contribution in [1.29, 1.82) is 0 Å². The summed E-state index contributed by atoms with van der Waals surface area (Å²) < 4.78 is 41.3. The summed E-state index contributed by atoms with van der Waals surface area (Å²) in [6.07, 6.45) is 3.75. The van der Waals surface area contributed by atoms with E-state index in [1.807, 2.05) is 6.92 Å². The minimum Gasteiger partial charge on any atom is -0.374 e. The number of halogens is 3. The third-order valence-electron chi connectivity index (χ3n) is 6.51. The number of allylic oxidation sites excluding steroid dienone is 3. The first kappa shape index (κ1) is 27.8. The van der Waals surface area contributed by atoms with E-state index in [1.54, 1.807) is 18.2 Å². The van der Waals surface area contributed by atoms with Crippen molar-refractivity contribution >= 4 is 11.0 Å². The van der Waals surface area contributed by atoms with Crippen LogP contribution in [0.5, 0.6) is 0 Å². The Hall–Kier alpha value is -2.76. The number of piperidine rings is 1. The van der Waals surface area contributed by atoms with Crippen molar-refractivity contribution in [2.24, 2.45) is 0 Å². The minimum atomic E-state index is -4.35. The van der Waals surface area contributed by atoms with Crippen LogP contribution in [0.4, 0.5) is 13.2 Å². The number of hydrogen-bond donors (Lipinski definition) is 2. The van der Waals surface area contributed by atoms with Crippen LogP contribution in [-0.4, -0.2) is 53.4 Å². The molecule has 1 saturated heterocycles. The molecule has 0 unspecified atom stereocenters. The molecule has 1 fully saturated rings. The van der Waals surface area contributed by atoms with Gasteiger partial charge in [0.25, 0.3) is 0 Å². The molecule has 8 heteroatoms. The van der Waals surface area contributed by atoms with E-state index in [9.17, 15) is 13.2 Å². The molecular weight excluding hydrogens is 463 g/mol. The number of nitrogens with zero attached hydrogens (tertiary/aromatic N) is 3. The van der Waals surface area contributed by atoms with Gasteiger partial charge in [-0.3, -0.25) is 0 Å². The van der Waals surface area contributed by atoms with Gasteiger partial charge in [0, 0.05) is 18.3 Å². The third kappa shape index (κ3) is 7.87. The van der Waals surface area contributed by atoms with Crippen molar-refractivity contribution in [1.82, 2.24) is 25.1 Å². The number of fused-ring (bicyclic) bond motifs is 1. The van der Waals surface area contributed by atoms with Crippen molar-refractivity contribution in [3.63, 3.8) is 0 Å². The molecule has 2 N–H and O–H groups in total. The summed E-state index contributed by atoms with van der Waals surface area (Å²) in [5, 5.41) is 6.86. The summed E-state index contributed by atoms with van der Waals surface area (Å²) in [7, 11) is 2.12. The Bertz CT molecular complexity index is 1130. The Labute approximate surface area is 212 Å². The maximum absolute atomic E-state index is 13.4. The second kappa shape index (κ2) is 13.0. The zero-order valence-electron chi connectivity index (χ0n) is 21.8. The Morgan fingerprint density at radius 2 is 1.97 bits per heavy atom. The van der Waals surface area contributed by atoms with Gasteiger partial charge in [-0.2, -0.15) is 13.2 Å². The Morgan fingerprint density at radius 1 is 1.22 bits per heavy atom. The van der Waals surface area contributed by atoms with Crippen LogP contribution in [0.1, 0.15) is 57.8 Å². The molecule has 2 aromatic heterocycles. The van der Waals surface area contributed by atoms with Crippen molar-refractivity contribution in [2.45, 2.75) is 71.8 Å². The molecule has 0 saturated carbocycles. The molecule has 3 rings (SSSR count). The van der Waals surface area contributed by atoms with E-state index in [2.05, 4.69) is 65.4 Å². The van der Waals surface area contributed by atoms with Gasteiger partial charge in [-0.25, -0.2) is 4.98 Å². The van der Waals surface area contributed by atoms with E-state index in [4.69, 9.17) is 0 Å². The molecule has 36 heavy (non-hydrogen) atoms. The lowest BCUT2D eigenvalue weighted by atomic mass is 10.1. The summed E-state index contributed by atoms with van der Waals surface area (Å²) in [4.78, 5) is 6.96. The largest absolute Gasteiger partial charge is 0.406 e. The SMILES string of the molecule is C/C=C(CC)\C(=C/CC)NCC#Cc1cc2nc(CNC3CCN(C)CC3)ccc2n1CC(F)(F)F. The van der Waals surface area contributed by atoms with Gasteiger partial charge in [-0.05, 0) is 82.4 Å². The predicted molar refractivity (Wildman–Crippen MR) is 140 cm³/mol. The molecule has 0 atom stereocenters. The Kier molecular flexibility index (Phi) is 10.0. The summed E-state index contributed by atoms with van der Waals surface area (Å²) in [6.45, 7) is 8.12. The summed E-state index contributed by atoms with van der Waals surface area (Å²) >= 11 is 0. The fraction of sp³-hybridized carbons (Fsp3) is 0.536. The summed E-state index contributed by atoms with van der Waals surface area (Å²) in [5.74, 6) is 5.95. The van der Waals surface area contributed by atoms with Gasteiger partial charge in [-0.1, -0.05) is 31.9 Å². The number of alkyl halides is 3. The molecule has 0 amide bonds. The number of likely N-dealkylation sites (tertiary alicyclic amines) is 1. The van der Waals surface area contributed by atoms with Gasteiger partial charge in [0.2, 0.25) is 0 Å². The second-order valence-corrected chi connectivity index (χ2v) is 9.25. The quantitative estimate of drug-likeness (QED) is 0.358. The summed E-state index contributed by atoms with van der Waals surface area (Å²) in [5.41, 5.74) is 4.33. The highest BCUT2D eigenvalue weighted by Gasteiger charge is 2.30. The highest BCUT2D eigenvalue weighted by Crippen LogP contribution is 2.25. The van der Waals surface area contributed by atoms with Crippen LogP contribution in [0, 0.1) is 11.8 Å². The maximum Gasteiger partial charge on any atom is 0.406 e. The third-order valence-corrected chi connectivity index (χ3v) is 6.51. The molecule has 196 valence electrons. The van der Waals surface area contributed by atoms with Gasteiger partial charge >= 0.3 is 6.18 Å². The zero-order chi connectivity index (χ0) is 26.1. The van der Waals surface area contributed by atoms with Crippen LogP contribution in [0.2, 0.25) is 0 Å². The highest BCUT2D eigenvalue weighted by molar-refractivity contribution is 5.78. The number of hydrogen-bond acceptors (Lipinski definition) is 4. The standard InChI is InChI=1S/C28H38F3N5/c1-5-9-25(21(6-2)7-3)32-15-8-10-24-18-26-27(36(24)20-28(29,30)31)12-11-23(34-26)19-33-22-13-16-35(4)17-14-22/h6,9,11-12,18,22,32-33H,5,7,13-17,19-20H2,1-4H3/b21-6-,25-9+. The van der Waals surface area contributed by atoms with Crippen LogP contribution in [-0.2, 0) is 13.1 Å². The molecule has 1 aliphatic rings. The maximum atomic E-state index is 13.4. The average Bonchev–Trinajstić information content (AvgIpc) is 3.17. The lowest BCUT2D eigenvalue weighted by Gasteiger charge is -2.29. The highest BCUT2D eigenvalue weighted by atomic mass is 19.4. The molecule has 5 nitrogen and oxygen atoms in total. The molecule has 0 aromatic carbocycles. The Morgan fingerprint density at radius 3 is 2.61 bits per heavy atom. The molecule has 0 bridgehead atoms. The lowest BCUT2D eigenvalue weighted by molar-refractivity contribution is -0.140. The van der Waals surface area contributed by atoms with E-state index in [-0.39, 0.29) is 0 Å². The molecule has 1 aliphatic heterocycles. The molecular formula is C28H38F3N5. The number of pyridine rings is 1. The first-order valence-corrected chi connectivity index (χ1v) is 12.8. The van der Waals surface area contributed by atoms with E-state index in [1.165, 1.54) is 10.1 Å². The Balaban J connectivity index is 1.78. The van der Waals surface area contributed by atoms with E-state index < -0.39 is 12.7 Å². The van der Waals surface area contributed by atoms with Gasteiger partial charge in [-0.15, -0.1) is 0 Å². The first-order valence-electron chi connectivity index (χ1n) is 12.8. The number of nitrogens with one attached hydrogen (secondary N) is 2. The number of rotatable bonds is 9. The van der Waals surface area contributed by atoms with Gasteiger partial charge in [0.1, 0.15) is 6.54 Å². The molecule has 0 aliphatic carbocycles. The van der Waals surface area contributed by atoms with Crippen molar-refractivity contribution in [3.05, 3.63) is 53.0 Å². The smallest absolute Gasteiger partial charge is 0.374 e. The van der Waals surface area contributed by atoms with E-state index in [0.717, 1.165) is 50.2 Å². The van der Waals surface area contributed by atoms with Crippen molar-refractivity contribution in [3.8, 4) is 11.8 Å². The second-order valence-electron chi connectivity index (χ2n) is 9.25. The topological polar surface area (TPSA) is 45.1 Å². The number of aromatic nitrogens is 2. The summed E-state index contributed by atoms with van der Waals surface area (Å²) in [6, 6.07) is 5.63. The molecule has 2 aromatic rings. The van der Waals surface area contributed by atoms with Crippen LogP contribution < -0.4 is 10.6 Å². The fourth-order valence-electron chi connectivity index (χ4n) is 4.54. The van der Waals surface area contributed by atoms with Gasteiger partial charge in [0.15, 0.2) is 0 Å². The zero-order valence-corrected chi connectivity index (χ0v) is 21.8. The van der Waals surface area contributed by atoms with Crippen LogP contribution in [0.25, 0.3) is 11.0 Å². The van der Waals surface area contributed by atoms with Gasteiger partial charge < -0.3 is 20.1 Å². The molecule has 3 heterocycles. The van der Waals surface area contributed by atoms with Crippen LogP contribution >= 0.6 is 0 Å². The average molecular weight is 502 g/mol. The normalized spacial score (nSPS) is 16.3.